The van der Waals surface area contributed by atoms with Crippen LogP contribution in [0, 0.1) is 5.92 Å². The molecule has 1 aliphatic carbocycles. The molecule has 5 heteroatoms. The lowest BCUT2D eigenvalue weighted by Gasteiger charge is -2.34. The molecule has 2 aliphatic rings. The Kier molecular flexibility index (Phi) is 2.89. The summed E-state index contributed by atoms with van der Waals surface area (Å²) in [6, 6.07) is 7.35. The average molecular weight is 260 g/mol. The van der Waals surface area contributed by atoms with Crippen LogP contribution >= 0.6 is 0 Å². The highest BCUT2D eigenvalue weighted by Gasteiger charge is 2.39. The van der Waals surface area contributed by atoms with Gasteiger partial charge in [-0.25, -0.2) is 0 Å². The zero-order chi connectivity index (χ0) is 13.4. The van der Waals surface area contributed by atoms with E-state index >= 15 is 0 Å². The number of nitrogens with zero attached hydrogens (tertiary/aromatic N) is 1. The zero-order valence-electron chi connectivity index (χ0n) is 10.8. The maximum atomic E-state index is 12.3. The van der Waals surface area contributed by atoms with E-state index < -0.39 is 6.10 Å². The van der Waals surface area contributed by atoms with Gasteiger partial charge in [0.2, 0.25) is 5.91 Å². The fraction of sp³-hybridized carbons (Fsp3) is 0.429. The number of nitrogens with one attached hydrogen (secondary N) is 1. The van der Waals surface area contributed by atoms with Crippen molar-refractivity contribution in [2.75, 3.05) is 18.5 Å². The van der Waals surface area contributed by atoms with Gasteiger partial charge in [0.25, 0.3) is 5.91 Å². The lowest BCUT2D eigenvalue weighted by atomic mass is 10.1. The molecular formula is C14H16N2O3. The lowest BCUT2D eigenvalue weighted by Crippen LogP contribution is -2.50. The Morgan fingerprint density at radius 1 is 1.32 bits per heavy atom. The van der Waals surface area contributed by atoms with Crippen LogP contribution in [0.1, 0.15) is 12.8 Å². The first-order chi connectivity index (χ1) is 9.20. The molecule has 3 rings (SSSR count). The summed E-state index contributed by atoms with van der Waals surface area (Å²) in [6.45, 7) is 0.284. The van der Waals surface area contributed by atoms with Gasteiger partial charge in [0.1, 0.15) is 5.75 Å². The maximum absolute atomic E-state index is 12.3. The van der Waals surface area contributed by atoms with E-state index in [0.717, 1.165) is 18.5 Å². The van der Waals surface area contributed by atoms with Gasteiger partial charge in [-0.05, 0) is 25.0 Å². The Bertz CT molecular complexity index is 525. The van der Waals surface area contributed by atoms with Crippen LogP contribution in [-0.4, -0.2) is 31.5 Å². The van der Waals surface area contributed by atoms with Crippen molar-refractivity contribution in [3.8, 4) is 5.75 Å². The summed E-state index contributed by atoms with van der Waals surface area (Å²) in [5, 5.41) is 2.57. The van der Waals surface area contributed by atoms with Gasteiger partial charge in [-0.15, -0.1) is 0 Å². The molecule has 1 heterocycles. The molecule has 1 fully saturated rings. The van der Waals surface area contributed by atoms with Crippen molar-refractivity contribution in [1.29, 1.82) is 0 Å². The van der Waals surface area contributed by atoms with E-state index in [0.29, 0.717) is 5.75 Å². The van der Waals surface area contributed by atoms with Crippen LogP contribution in [-0.2, 0) is 9.59 Å². The van der Waals surface area contributed by atoms with Gasteiger partial charge < -0.3 is 15.0 Å². The molecule has 1 atom stereocenters. The maximum Gasteiger partial charge on any atom is 0.262 e. The number of carbonyl (C=O) groups excluding carboxylic acids is 2. The van der Waals surface area contributed by atoms with E-state index in [1.54, 1.807) is 18.0 Å². The predicted molar refractivity (Wildman–Crippen MR) is 70.0 cm³/mol. The molecule has 0 aromatic heterocycles. The summed E-state index contributed by atoms with van der Waals surface area (Å²) >= 11 is 0. The van der Waals surface area contributed by atoms with Crippen molar-refractivity contribution in [3.63, 3.8) is 0 Å². The van der Waals surface area contributed by atoms with Crippen molar-refractivity contribution >= 4 is 17.5 Å². The molecule has 2 amide bonds. The van der Waals surface area contributed by atoms with Gasteiger partial charge in [-0.2, -0.15) is 0 Å². The lowest BCUT2D eigenvalue weighted by molar-refractivity contribution is -0.128. The van der Waals surface area contributed by atoms with E-state index in [1.165, 1.54) is 0 Å². The summed E-state index contributed by atoms with van der Waals surface area (Å²) in [6.07, 6.45) is 1.26. The van der Waals surface area contributed by atoms with Crippen LogP contribution in [0.3, 0.4) is 0 Å². The fourth-order valence-electron chi connectivity index (χ4n) is 2.29. The largest absolute Gasteiger partial charge is 0.477 e. The van der Waals surface area contributed by atoms with Crippen LogP contribution < -0.4 is 15.0 Å². The molecule has 0 radical (unpaired) electrons. The molecule has 1 aliphatic heterocycles. The van der Waals surface area contributed by atoms with E-state index in [-0.39, 0.29) is 24.3 Å². The molecule has 1 N–H and O–H groups in total. The standard InChI is InChI=1S/C14H16N2O3/c1-15-13(17)12-8-16(14(18)9-6-7-9)10-4-2-3-5-11(10)19-12/h2-5,9,12H,6-8H2,1H3,(H,15,17)/t12-/m1/s1. The van der Waals surface area contributed by atoms with Crippen LogP contribution in [0.25, 0.3) is 0 Å². The third-order valence-corrected chi connectivity index (χ3v) is 3.51. The molecule has 0 saturated heterocycles. The molecule has 1 aromatic carbocycles. The molecule has 1 saturated carbocycles. The van der Waals surface area contributed by atoms with Gasteiger partial charge in [0, 0.05) is 13.0 Å². The Balaban J connectivity index is 1.93. The predicted octanol–water partition coefficient (Wildman–Crippen LogP) is 0.937. The van der Waals surface area contributed by atoms with E-state index in [4.69, 9.17) is 4.74 Å². The number of ether oxygens (including phenoxy) is 1. The topological polar surface area (TPSA) is 58.6 Å². The second-order valence-corrected chi connectivity index (χ2v) is 4.91. The number of anilines is 1. The minimum atomic E-state index is -0.636. The minimum Gasteiger partial charge on any atom is -0.477 e. The number of benzene rings is 1. The van der Waals surface area contributed by atoms with Gasteiger partial charge in [-0.1, -0.05) is 12.1 Å². The highest BCUT2D eigenvalue weighted by molar-refractivity contribution is 5.99. The van der Waals surface area contributed by atoms with Gasteiger partial charge in [-0.3, -0.25) is 9.59 Å². The van der Waals surface area contributed by atoms with Gasteiger partial charge in [0.05, 0.1) is 12.2 Å². The number of likely N-dealkylation sites (N-methyl/N-ethyl adjacent to an activating group) is 1. The van der Waals surface area contributed by atoms with Gasteiger partial charge in [0.15, 0.2) is 6.10 Å². The first kappa shape index (κ1) is 12.0. The van der Waals surface area contributed by atoms with Crippen LogP contribution in [0.15, 0.2) is 24.3 Å². The third kappa shape index (κ3) is 2.16. The van der Waals surface area contributed by atoms with Crippen molar-refractivity contribution in [2.24, 2.45) is 5.92 Å². The number of hydrogen-bond donors (Lipinski definition) is 1. The summed E-state index contributed by atoms with van der Waals surface area (Å²) in [7, 11) is 1.57. The Hall–Kier alpha value is -2.04. The zero-order valence-corrected chi connectivity index (χ0v) is 10.8. The second-order valence-electron chi connectivity index (χ2n) is 4.91. The normalized spacial score (nSPS) is 21.3. The summed E-state index contributed by atoms with van der Waals surface area (Å²) in [5.74, 6) is 0.612. The number of fused-ring (bicyclic) bond motifs is 1. The molecule has 19 heavy (non-hydrogen) atoms. The number of amides is 2. The Morgan fingerprint density at radius 3 is 2.74 bits per heavy atom. The first-order valence-electron chi connectivity index (χ1n) is 6.49. The highest BCUT2D eigenvalue weighted by Crippen LogP contribution is 2.38. The van der Waals surface area contributed by atoms with E-state index in [1.807, 2.05) is 18.2 Å². The molecule has 0 unspecified atom stereocenters. The third-order valence-electron chi connectivity index (χ3n) is 3.51. The van der Waals surface area contributed by atoms with Crippen LogP contribution in [0.5, 0.6) is 5.75 Å². The molecule has 1 aromatic rings. The monoisotopic (exact) mass is 260 g/mol. The summed E-state index contributed by atoms with van der Waals surface area (Å²) < 4.78 is 5.66. The Morgan fingerprint density at radius 2 is 2.05 bits per heavy atom. The van der Waals surface area contributed by atoms with Crippen LogP contribution in [0.2, 0.25) is 0 Å². The number of carbonyl (C=O) groups is 2. The molecular weight excluding hydrogens is 244 g/mol. The quantitative estimate of drug-likeness (QED) is 0.860. The van der Waals surface area contributed by atoms with Gasteiger partial charge >= 0.3 is 0 Å². The Labute approximate surface area is 111 Å². The number of hydrogen-bond acceptors (Lipinski definition) is 3. The first-order valence-corrected chi connectivity index (χ1v) is 6.49. The van der Waals surface area contributed by atoms with Crippen molar-refractivity contribution in [2.45, 2.75) is 18.9 Å². The SMILES string of the molecule is CNC(=O)[C@H]1CN(C(=O)C2CC2)c2ccccc2O1. The van der Waals surface area contributed by atoms with Crippen LogP contribution in [0.4, 0.5) is 5.69 Å². The van der Waals surface area contributed by atoms with E-state index in [2.05, 4.69) is 5.32 Å². The summed E-state index contributed by atoms with van der Waals surface area (Å²) in [5.41, 5.74) is 0.763. The summed E-state index contributed by atoms with van der Waals surface area (Å²) in [4.78, 5) is 25.8. The molecule has 0 bridgehead atoms. The smallest absolute Gasteiger partial charge is 0.262 e. The number of para-hydroxylation sites is 2. The highest BCUT2D eigenvalue weighted by atomic mass is 16.5. The fourth-order valence-corrected chi connectivity index (χ4v) is 2.29. The minimum absolute atomic E-state index is 0.102. The van der Waals surface area contributed by atoms with Crippen molar-refractivity contribution in [1.82, 2.24) is 5.32 Å². The van der Waals surface area contributed by atoms with Crippen molar-refractivity contribution < 1.29 is 14.3 Å². The number of rotatable bonds is 2. The molecule has 100 valence electrons. The average Bonchev–Trinajstić information content (AvgIpc) is 3.29. The van der Waals surface area contributed by atoms with Crippen molar-refractivity contribution in [3.05, 3.63) is 24.3 Å². The van der Waals surface area contributed by atoms with E-state index in [9.17, 15) is 9.59 Å². The molecule has 5 nitrogen and oxygen atoms in total. The molecule has 0 spiro atoms. The second kappa shape index (κ2) is 4.57.